The van der Waals surface area contributed by atoms with Crippen LogP contribution in [0.15, 0.2) is 72.1 Å². The van der Waals surface area contributed by atoms with Gasteiger partial charge >= 0.3 is 0 Å². The van der Waals surface area contributed by atoms with Crippen LogP contribution in [0.1, 0.15) is 11.1 Å². The zero-order chi connectivity index (χ0) is 20.5. The summed E-state index contributed by atoms with van der Waals surface area (Å²) in [6.45, 7) is 0.511. The minimum Gasteiger partial charge on any atom is -0.489 e. The van der Waals surface area contributed by atoms with Gasteiger partial charge < -0.3 is 10.1 Å². The third kappa shape index (κ3) is 6.48. The first-order valence-corrected chi connectivity index (χ1v) is 9.49. The van der Waals surface area contributed by atoms with E-state index in [2.05, 4.69) is 20.8 Å². The molecule has 0 fully saturated rings. The Hall–Kier alpha value is -3.09. The molecule has 0 bridgehead atoms. The van der Waals surface area contributed by atoms with E-state index < -0.39 is 0 Å². The zero-order valence-electron chi connectivity index (χ0n) is 15.3. The summed E-state index contributed by atoms with van der Waals surface area (Å²) >= 11 is 12.0. The number of aromatic nitrogens is 1. The Labute approximate surface area is 178 Å². The molecular formula is C21H18Cl2N4O2. The largest absolute Gasteiger partial charge is 0.489 e. The van der Waals surface area contributed by atoms with Gasteiger partial charge in [0.15, 0.2) is 0 Å². The Morgan fingerprint density at radius 2 is 1.83 bits per heavy atom. The Balaban J connectivity index is 1.48. The fourth-order valence-electron chi connectivity index (χ4n) is 2.37. The van der Waals surface area contributed by atoms with Crippen LogP contribution in [0.2, 0.25) is 10.0 Å². The van der Waals surface area contributed by atoms with E-state index in [9.17, 15) is 4.79 Å². The van der Waals surface area contributed by atoms with Crippen LogP contribution < -0.4 is 15.5 Å². The van der Waals surface area contributed by atoms with Crippen molar-refractivity contribution in [2.24, 2.45) is 5.10 Å². The summed E-state index contributed by atoms with van der Waals surface area (Å²) in [5, 5.41) is 7.59. The molecule has 2 N–H and O–H groups in total. The van der Waals surface area contributed by atoms with E-state index in [-0.39, 0.29) is 12.5 Å². The number of amides is 1. The van der Waals surface area contributed by atoms with Gasteiger partial charge in [0.25, 0.3) is 5.91 Å². The number of halogens is 2. The van der Waals surface area contributed by atoms with Gasteiger partial charge in [-0.15, -0.1) is 0 Å². The van der Waals surface area contributed by atoms with Crippen LogP contribution in [0.3, 0.4) is 0 Å². The molecule has 0 unspecified atom stereocenters. The molecule has 0 aliphatic heterocycles. The molecule has 0 atom stereocenters. The highest BCUT2D eigenvalue weighted by molar-refractivity contribution is 6.38. The van der Waals surface area contributed by atoms with E-state index in [1.54, 1.807) is 0 Å². The molecule has 0 aliphatic rings. The topological polar surface area (TPSA) is 75.6 Å². The van der Waals surface area contributed by atoms with Gasteiger partial charge in [-0.05, 0) is 17.7 Å². The Morgan fingerprint density at radius 3 is 2.59 bits per heavy atom. The number of hydrazone groups is 1. The molecule has 0 radical (unpaired) electrons. The van der Waals surface area contributed by atoms with Gasteiger partial charge in [0.1, 0.15) is 12.4 Å². The average molecular weight is 429 g/mol. The van der Waals surface area contributed by atoms with Crippen molar-refractivity contribution >= 4 is 41.0 Å². The number of carbonyl (C=O) groups is 1. The normalized spacial score (nSPS) is 10.7. The third-order valence-electron chi connectivity index (χ3n) is 3.81. The molecule has 3 aromatic rings. The van der Waals surface area contributed by atoms with Crippen LogP contribution >= 0.6 is 23.2 Å². The lowest BCUT2D eigenvalue weighted by Gasteiger charge is -2.09. The third-order valence-corrected chi connectivity index (χ3v) is 4.41. The van der Waals surface area contributed by atoms with Crippen molar-refractivity contribution in [3.05, 3.63) is 88.2 Å². The second-order valence-electron chi connectivity index (χ2n) is 5.97. The minimum absolute atomic E-state index is 0.0390. The maximum Gasteiger partial charge on any atom is 0.259 e. The number of nitrogens with zero attached hydrogens (tertiary/aromatic N) is 2. The Bertz CT molecular complexity index is 977. The summed E-state index contributed by atoms with van der Waals surface area (Å²) in [6.07, 6.45) is 4.28. The fourth-order valence-corrected chi connectivity index (χ4v) is 2.83. The first kappa shape index (κ1) is 20.6. The predicted molar refractivity (Wildman–Crippen MR) is 116 cm³/mol. The fraction of sp³-hybridized carbons (Fsp3) is 0.0952. The Morgan fingerprint density at radius 1 is 1.07 bits per heavy atom. The van der Waals surface area contributed by atoms with Gasteiger partial charge in [-0.3, -0.25) is 9.78 Å². The molecule has 3 rings (SSSR count). The molecule has 1 amide bonds. The molecule has 8 heteroatoms. The molecular weight excluding hydrogens is 411 g/mol. The van der Waals surface area contributed by atoms with E-state index in [4.69, 9.17) is 27.9 Å². The number of rotatable bonds is 8. The van der Waals surface area contributed by atoms with Crippen LogP contribution in [-0.4, -0.2) is 23.7 Å². The van der Waals surface area contributed by atoms with Gasteiger partial charge in [-0.1, -0.05) is 59.6 Å². The van der Waals surface area contributed by atoms with Gasteiger partial charge in [-0.25, -0.2) is 5.43 Å². The number of benzene rings is 2. The van der Waals surface area contributed by atoms with Crippen LogP contribution in [0.4, 0.5) is 5.69 Å². The number of ether oxygens (including phenoxy) is 1. The number of anilines is 1. The highest BCUT2D eigenvalue weighted by Crippen LogP contribution is 2.20. The summed E-state index contributed by atoms with van der Waals surface area (Å²) in [7, 11) is 0. The van der Waals surface area contributed by atoms with E-state index in [1.165, 1.54) is 18.6 Å². The molecule has 148 valence electrons. The van der Waals surface area contributed by atoms with Crippen molar-refractivity contribution in [3.63, 3.8) is 0 Å². The van der Waals surface area contributed by atoms with E-state index in [1.807, 2.05) is 54.6 Å². The van der Waals surface area contributed by atoms with Crippen molar-refractivity contribution < 1.29 is 9.53 Å². The standard InChI is InChI=1S/C21H18Cl2N4O2/c22-19-11-24-12-20(23)18(19)10-26-27-21(28)13-25-16-7-4-8-17(9-16)29-14-15-5-2-1-3-6-15/h1-12,25H,13-14H2,(H,27,28)/b26-10+. The average Bonchev–Trinajstić information content (AvgIpc) is 2.74. The number of pyridine rings is 1. The van der Waals surface area contributed by atoms with Crippen molar-refractivity contribution in [3.8, 4) is 5.75 Å². The Kier molecular flexibility index (Phi) is 7.44. The molecule has 0 spiro atoms. The van der Waals surface area contributed by atoms with E-state index in [0.717, 1.165) is 11.3 Å². The quantitative estimate of drug-likeness (QED) is 0.408. The van der Waals surface area contributed by atoms with Crippen LogP contribution in [0.5, 0.6) is 5.75 Å². The summed E-state index contributed by atoms with van der Waals surface area (Å²) in [5.41, 5.74) is 4.74. The molecule has 1 aromatic heterocycles. The number of nitrogens with one attached hydrogen (secondary N) is 2. The van der Waals surface area contributed by atoms with Crippen molar-refractivity contribution in [1.82, 2.24) is 10.4 Å². The van der Waals surface area contributed by atoms with Crippen molar-refractivity contribution in [1.29, 1.82) is 0 Å². The first-order valence-electron chi connectivity index (χ1n) is 8.73. The highest BCUT2D eigenvalue weighted by Gasteiger charge is 2.04. The predicted octanol–water partition coefficient (Wildman–Crippen LogP) is 4.53. The first-order chi connectivity index (χ1) is 14.1. The SMILES string of the molecule is O=C(CNc1cccc(OCc2ccccc2)c1)N/N=C/c1c(Cl)cncc1Cl. The number of carbonyl (C=O) groups excluding carboxylic acids is 1. The summed E-state index contributed by atoms with van der Waals surface area (Å²) < 4.78 is 5.78. The lowest BCUT2D eigenvalue weighted by Crippen LogP contribution is -2.25. The monoisotopic (exact) mass is 428 g/mol. The number of hydrogen-bond acceptors (Lipinski definition) is 5. The molecule has 0 saturated heterocycles. The highest BCUT2D eigenvalue weighted by atomic mass is 35.5. The maximum absolute atomic E-state index is 12.0. The van der Waals surface area contributed by atoms with E-state index >= 15 is 0 Å². The summed E-state index contributed by atoms with van der Waals surface area (Å²) in [5.74, 6) is 0.386. The molecule has 0 aliphatic carbocycles. The number of hydrogen-bond donors (Lipinski definition) is 2. The van der Waals surface area contributed by atoms with E-state index in [0.29, 0.717) is 28.0 Å². The lowest BCUT2D eigenvalue weighted by molar-refractivity contribution is -0.119. The lowest BCUT2D eigenvalue weighted by atomic mass is 10.2. The molecule has 0 saturated carbocycles. The summed E-state index contributed by atoms with van der Waals surface area (Å²) in [4.78, 5) is 15.8. The minimum atomic E-state index is -0.321. The smallest absolute Gasteiger partial charge is 0.259 e. The zero-order valence-corrected chi connectivity index (χ0v) is 16.8. The molecule has 2 aromatic carbocycles. The summed E-state index contributed by atoms with van der Waals surface area (Å²) in [6, 6.07) is 17.3. The molecule has 6 nitrogen and oxygen atoms in total. The molecule has 29 heavy (non-hydrogen) atoms. The van der Waals surface area contributed by atoms with Gasteiger partial charge in [0, 0.05) is 29.7 Å². The van der Waals surface area contributed by atoms with Crippen LogP contribution in [0.25, 0.3) is 0 Å². The van der Waals surface area contributed by atoms with Crippen molar-refractivity contribution in [2.45, 2.75) is 6.61 Å². The second-order valence-corrected chi connectivity index (χ2v) is 6.78. The van der Waals surface area contributed by atoms with Gasteiger partial charge in [0.2, 0.25) is 0 Å². The van der Waals surface area contributed by atoms with Gasteiger partial charge in [0.05, 0.1) is 22.8 Å². The van der Waals surface area contributed by atoms with Gasteiger partial charge in [-0.2, -0.15) is 5.10 Å². The molecule has 1 heterocycles. The maximum atomic E-state index is 12.0. The van der Waals surface area contributed by atoms with Crippen LogP contribution in [0, 0.1) is 0 Å². The second kappa shape index (κ2) is 10.5. The van der Waals surface area contributed by atoms with Crippen molar-refractivity contribution in [2.75, 3.05) is 11.9 Å². The van der Waals surface area contributed by atoms with Crippen LogP contribution in [-0.2, 0) is 11.4 Å².